The lowest BCUT2D eigenvalue weighted by Gasteiger charge is -2.36. The average Bonchev–Trinajstić information content (AvgIpc) is 3.00. The minimum atomic E-state index is -0.154. The van der Waals surface area contributed by atoms with Gasteiger partial charge < -0.3 is 4.90 Å². The standard InChI is InChI=1S/C24H30N4O2S2/c1-5-6-9-27-23(30)19(32-24(27)31)11-18-21(26-12-16(3)10-17(4)13-26)25-20-8-7-15(2)14-28(20)22(18)29/h7-8,11,14,16-17H,5-6,9-10,12-13H2,1-4H3. The number of carbonyl (C=O) groups excluding carboxylic acids is 1. The van der Waals surface area contributed by atoms with Crippen molar-refractivity contribution < 1.29 is 4.79 Å². The number of nitrogens with zero attached hydrogens (tertiary/aromatic N) is 4. The van der Waals surface area contributed by atoms with Gasteiger partial charge in [-0.1, -0.05) is 57.2 Å². The molecule has 2 fully saturated rings. The first-order valence-electron chi connectivity index (χ1n) is 11.3. The predicted molar refractivity (Wildman–Crippen MR) is 136 cm³/mol. The van der Waals surface area contributed by atoms with E-state index in [2.05, 4.69) is 25.7 Å². The number of amides is 1. The summed E-state index contributed by atoms with van der Waals surface area (Å²) in [5.74, 6) is 1.57. The van der Waals surface area contributed by atoms with Crippen LogP contribution in [0.4, 0.5) is 5.82 Å². The molecule has 2 aromatic heterocycles. The smallest absolute Gasteiger partial charge is 0.267 e. The maximum absolute atomic E-state index is 13.6. The highest BCUT2D eigenvalue weighted by molar-refractivity contribution is 8.26. The Labute approximate surface area is 198 Å². The molecule has 2 aliphatic heterocycles. The van der Waals surface area contributed by atoms with Gasteiger partial charge in [-0.2, -0.15) is 0 Å². The van der Waals surface area contributed by atoms with Crippen LogP contribution < -0.4 is 10.5 Å². The quantitative estimate of drug-likeness (QED) is 0.474. The Kier molecular flexibility index (Phi) is 6.72. The molecule has 4 rings (SSSR count). The second kappa shape index (κ2) is 9.35. The van der Waals surface area contributed by atoms with Gasteiger partial charge in [0.2, 0.25) is 0 Å². The number of rotatable bonds is 5. The van der Waals surface area contributed by atoms with Crippen LogP contribution in [0.1, 0.15) is 51.2 Å². The largest absolute Gasteiger partial charge is 0.355 e. The SMILES string of the molecule is CCCCN1C(=O)C(=Cc2c(N3CC(C)CC(C)C3)nc3ccc(C)cn3c2=O)SC1=S. The molecule has 0 spiro atoms. The molecule has 32 heavy (non-hydrogen) atoms. The lowest BCUT2D eigenvalue weighted by Crippen LogP contribution is -2.40. The molecule has 0 radical (unpaired) electrons. The highest BCUT2D eigenvalue weighted by Crippen LogP contribution is 2.34. The Morgan fingerprint density at radius 1 is 1.22 bits per heavy atom. The fourth-order valence-electron chi connectivity index (χ4n) is 4.59. The summed E-state index contributed by atoms with van der Waals surface area (Å²) < 4.78 is 2.14. The average molecular weight is 471 g/mol. The fraction of sp³-hybridized carbons (Fsp3) is 0.500. The predicted octanol–water partition coefficient (Wildman–Crippen LogP) is 4.49. The molecule has 4 heterocycles. The van der Waals surface area contributed by atoms with E-state index in [9.17, 15) is 9.59 Å². The molecule has 2 atom stereocenters. The first-order chi connectivity index (χ1) is 15.3. The first kappa shape index (κ1) is 23.0. The van der Waals surface area contributed by atoms with Crippen LogP contribution in [0.5, 0.6) is 0 Å². The van der Waals surface area contributed by atoms with Crippen LogP contribution in [-0.2, 0) is 4.79 Å². The third-order valence-electron chi connectivity index (χ3n) is 6.04. The molecule has 0 aromatic carbocycles. The van der Waals surface area contributed by atoms with Crippen molar-refractivity contribution in [1.82, 2.24) is 14.3 Å². The normalized spacial score (nSPS) is 23.1. The molecule has 8 heteroatoms. The number of fused-ring (bicyclic) bond motifs is 1. The van der Waals surface area contributed by atoms with E-state index >= 15 is 0 Å². The molecular formula is C24H30N4O2S2. The van der Waals surface area contributed by atoms with Gasteiger partial charge in [0.25, 0.3) is 11.5 Å². The molecule has 0 N–H and O–H groups in total. The van der Waals surface area contributed by atoms with Gasteiger partial charge in [0.15, 0.2) is 0 Å². The van der Waals surface area contributed by atoms with Gasteiger partial charge in [-0.25, -0.2) is 4.98 Å². The number of anilines is 1. The third kappa shape index (κ3) is 4.48. The van der Waals surface area contributed by atoms with Crippen molar-refractivity contribution in [3.63, 3.8) is 0 Å². The lowest BCUT2D eigenvalue weighted by molar-refractivity contribution is -0.122. The van der Waals surface area contributed by atoms with Gasteiger partial charge in [0, 0.05) is 25.8 Å². The van der Waals surface area contributed by atoms with Gasteiger partial charge in [-0.05, 0) is 49.3 Å². The van der Waals surface area contributed by atoms with Crippen molar-refractivity contribution >= 4 is 51.7 Å². The Balaban J connectivity index is 1.84. The summed E-state index contributed by atoms with van der Waals surface area (Å²) >= 11 is 6.73. The monoisotopic (exact) mass is 470 g/mol. The van der Waals surface area contributed by atoms with E-state index in [1.54, 1.807) is 21.6 Å². The topological polar surface area (TPSA) is 57.9 Å². The van der Waals surface area contributed by atoms with Crippen molar-refractivity contribution in [2.45, 2.75) is 47.0 Å². The number of thioether (sulfide) groups is 1. The summed E-state index contributed by atoms with van der Waals surface area (Å²) in [6.45, 7) is 10.8. The number of aryl methyl sites for hydroxylation is 1. The van der Waals surface area contributed by atoms with Crippen LogP contribution in [0, 0.1) is 18.8 Å². The number of aromatic nitrogens is 2. The van der Waals surface area contributed by atoms with Crippen LogP contribution >= 0.6 is 24.0 Å². The van der Waals surface area contributed by atoms with Crippen molar-refractivity contribution in [2.24, 2.45) is 11.8 Å². The second-order valence-electron chi connectivity index (χ2n) is 9.13. The molecule has 2 unspecified atom stereocenters. The number of carbonyl (C=O) groups is 1. The van der Waals surface area contributed by atoms with Crippen molar-refractivity contribution in [1.29, 1.82) is 0 Å². The molecule has 170 valence electrons. The fourth-order valence-corrected chi connectivity index (χ4v) is 5.88. The van der Waals surface area contributed by atoms with Crippen LogP contribution in [0.15, 0.2) is 28.0 Å². The Hall–Kier alpha value is -2.19. The van der Waals surface area contributed by atoms with Gasteiger partial charge in [-0.3, -0.25) is 18.9 Å². The molecular weight excluding hydrogens is 440 g/mol. The molecule has 0 bridgehead atoms. The zero-order chi connectivity index (χ0) is 23.0. The number of unbranched alkanes of at least 4 members (excludes halogenated alkanes) is 1. The van der Waals surface area contributed by atoms with Crippen LogP contribution in [0.3, 0.4) is 0 Å². The second-order valence-corrected chi connectivity index (χ2v) is 10.8. The van der Waals surface area contributed by atoms with Gasteiger partial charge in [0.1, 0.15) is 15.8 Å². The Bertz CT molecular complexity index is 1150. The summed E-state index contributed by atoms with van der Waals surface area (Å²) in [6.07, 6.45) is 6.57. The van der Waals surface area contributed by atoms with E-state index in [-0.39, 0.29) is 11.5 Å². The number of hydrogen-bond donors (Lipinski definition) is 0. The number of pyridine rings is 1. The highest BCUT2D eigenvalue weighted by atomic mass is 32.2. The van der Waals surface area contributed by atoms with Crippen molar-refractivity contribution in [2.75, 3.05) is 24.5 Å². The van der Waals surface area contributed by atoms with Crippen molar-refractivity contribution in [3.05, 3.63) is 44.7 Å². The van der Waals surface area contributed by atoms with Gasteiger partial charge in [0.05, 0.1) is 10.5 Å². The van der Waals surface area contributed by atoms with Crippen LogP contribution in [0.2, 0.25) is 0 Å². The molecule has 0 saturated carbocycles. The Morgan fingerprint density at radius 2 is 1.94 bits per heavy atom. The molecule has 0 aliphatic carbocycles. The van der Waals surface area contributed by atoms with Gasteiger partial charge >= 0.3 is 0 Å². The van der Waals surface area contributed by atoms with E-state index in [0.29, 0.717) is 44.6 Å². The first-order valence-corrected chi connectivity index (χ1v) is 12.5. The summed E-state index contributed by atoms with van der Waals surface area (Å²) in [6, 6.07) is 3.84. The summed E-state index contributed by atoms with van der Waals surface area (Å²) in [5.41, 5.74) is 1.91. The lowest BCUT2D eigenvalue weighted by atomic mass is 9.91. The summed E-state index contributed by atoms with van der Waals surface area (Å²) in [7, 11) is 0. The molecule has 2 aliphatic rings. The van der Waals surface area contributed by atoms with Crippen LogP contribution in [0.25, 0.3) is 11.7 Å². The molecule has 2 aromatic rings. The maximum atomic E-state index is 13.6. The van der Waals surface area contributed by atoms with Crippen LogP contribution in [-0.4, -0.2) is 44.1 Å². The minimum Gasteiger partial charge on any atom is -0.355 e. The third-order valence-corrected chi connectivity index (χ3v) is 7.42. The van der Waals surface area contributed by atoms with E-state index in [1.807, 2.05) is 19.1 Å². The molecule has 2 saturated heterocycles. The van der Waals surface area contributed by atoms with E-state index in [4.69, 9.17) is 17.2 Å². The van der Waals surface area contributed by atoms with E-state index in [1.165, 1.54) is 11.8 Å². The number of hydrogen-bond acceptors (Lipinski definition) is 6. The van der Waals surface area contributed by atoms with Gasteiger partial charge in [-0.15, -0.1) is 0 Å². The maximum Gasteiger partial charge on any atom is 0.267 e. The molecule has 6 nitrogen and oxygen atoms in total. The zero-order valence-corrected chi connectivity index (χ0v) is 20.8. The summed E-state index contributed by atoms with van der Waals surface area (Å²) in [5, 5.41) is 0. The zero-order valence-electron chi connectivity index (χ0n) is 19.1. The Morgan fingerprint density at radius 3 is 2.62 bits per heavy atom. The number of thiocarbonyl (C=S) groups is 1. The summed E-state index contributed by atoms with van der Waals surface area (Å²) in [4.78, 5) is 35.9. The highest BCUT2D eigenvalue weighted by Gasteiger charge is 2.33. The minimum absolute atomic E-state index is 0.117. The van der Waals surface area contributed by atoms with E-state index in [0.717, 1.165) is 37.9 Å². The molecule has 1 amide bonds. The van der Waals surface area contributed by atoms with Crippen molar-refractivity contribution in [3.8, 4) is 0 Å². The number of piperidine rings is 1. The van der Waals surface area contributed by atoms with E-state index < -0.39 is 0 Å².